The molecule has 0 atom stereocenters. The summed E-state index contributed by atoms with van der Waals surface area (Å²) in [6, 6.07) is 2.34. The van der Waals surface area contributed by atoms with Gasteiger partial charge >= 0.3 is 6.18 Å². The Hall–Kier alpha value is -1.13. The van der Waals surface area contributed by atoms with E-state index in [1.165, 1.54) is 13.0 Å². The van der Waals surface area contributed by atoms with Gasteiger partial charge < -0.3 is 5.32 Å². The molecule has 0 spiro atoms. The van der Waals surface area contributed by atoms with Crippen molar-refractivity contribution in [1.29, 1.82) is 0 Å². The normalized spacial score (nSPS) is 12.3. The Morgan fingerprint density at radius 3 is 2.40 bits per heavy atom. The molecule has 5 nitrogen and oxygen atoms in total. The molecule has 1 aromatic carbocycles. The molecule has 0 aliphatic rings. The summed E-state index contributed by atoms with van der Waals surface area (Å²) in [6.45, 7) is 1.41. The summed E-state index contributed by atoms with van der Waals surface area (Å²) >= 11 is 2.97. The van der Waals surface area contributed by atoms with Gasteiger partial charge in [0.05, 0.1) is 10.6 Å². The Morgan fingerprint density at radius 1 is 1.40 bits per heavy atom. The Bertz CT molecular complexity index is 644. The number of primary sulfonamides is 1. The molecule has 0 aliphatic carbocycles. The van der Waals surface area contributed by atoms with Gasteiger partial charge in [0, 0.05) is 4.47 Å². The lowest BCUT2D eigenvalue weighted by Crippen LogP contribution is -2.21. The van der Waals surface area contributed by atoms with Crippen LogP contribution in [-0.4, -0.2) is 20.5 Å². The zero-order chi connectivity index (χ0) is 15.7. The molecule has 112 valence electrons. The summed E-state index contributed by atoms with van der Waals surface area (Å²) in [5, 5.41) is 7.02. The SMILES string of the molecule is Cc1cc(NC(=O)CC(F)(F)F)c(Br)cc1S(N)(=O)=O. The Kier molecular flexibility index (Phi) is 4.82. The van der Waals surface area contributed by atoms with E-state index in [0.29, 0.717) is 0 Å². The summed E-state index contributed by atoms with van der Waals surface area (Å²) < 4.78 is 58.7. The van der Waals surface area contributed by atoms with E-state index in [2.05, 4.69) is 15.9 Å². The van der Waals surface area contributed by atoms with Crippen LogP contribution < -0.4 is 10.5 Å². The zero-order valence-electron chi connectivity index (χ0n) is 10.1. The molecule has 20 heavy (non-hydrogen) atoms. The molecule has 0 aliphatic heterocycles. The van der Waals surface area contributed by atoms with E-state index in [0.717, 1.165) is 6.07 Å². The maximum Gasteiger partial charge on any atom is 0.397 e. The second kappa shape index (κ2) is 5.70. The highest BCUT2D eigenvalue weighted by Gasteiger charge is 2.31. The topological polar surface area (TPSA) is 89.3 Å². The van der Waals surface area contributed by atoms with Gasteiger partial charge in [0.2, 0.25) is 15.9 Å². The quantitative estimate of drug-likeness (QED) is 0.850. The summed E-state index contributed by atoms with van der Waals surface area (Å²) in [7, 11) is -3.95. The first-order chi connectivity index (χ1) is 8.90. The largest absolute Gasteiger partial charge is 0.397 e. The lowest BCUT2D eigenvalue weighted by Gasteiger charge is -2.12. The fourth-order valence-corrected chi connectivity index (χ4v) is 2.83. The molecule has 0 heterocycles. The van der Waals surface area contributed by atoms with Gasteiger partial charge in [-0.2, -0.15) is 13.2 Å². The van der Waals surface area contributed by atoms with Crippen molar-refractivity contribution in [2.24, 2.45) is 5.14 Å². The number of nitrogens with one attached hydrogen (secondary N) is 1. The van der Waals surface area contributed by atoms with Crippen LogP contribution in [0.25, 0.3) is 0 Å². The van der Waals surface area contributed by atoms with Crippen molar-refractivity contribution in [3.63, 3.8) is 0 Å². The molecular formula is C10H10BrF3N2O3S. The molecule has 0 fully saturated rings. The molecule has 1 rings (SSSR count). The predicted octanol–water partition coefficient (Wildman–Crippen LogP) is 2.30. The Morgan fingerprint density at radius 2 is 1.95 bits per heavy atom. The van der Waals surface area contributed by atoms with Gasteiger partial charge in [-0.05, 0) is 40.5 Å². The number of sulfonamides is 1. The van der Waals surface area contributed by atoms with E-state index in [1.54, 1.807) is 0 Å². The van der Waals surface area contributed by atoms with Gasteiger partial charge in [-0.15, -0.1) is 0 Å². The van der Waals surface area contributed by atoms with Crippen LogP contribution in [0.3, 0.4) is 0 Å². The molecule has 0 radical (unpaired) electrons. The highest BCUT2D eigenvalue weighted by Crippen LogP contribution is 2.29. The Balaban J connectivity index is 3.05. The number of alkyl halides is 3. The number of anilines is 1. The minimum absolute atomic E-state index is 0.0316. The number of hydrogen-bond acceptors (Lipinski definition) is 3. The number of amides is 1. The minimum atomic E-state index is -4.62. The zero-order valence-corrected chi connectivity index (χ0v) is 12.5. The van der Waals surface area contributed by atoms with Crippen molar-refractivity contribution >= 4 is 37.5 Å². The van der Waals surface area contributed by atoms with Crippen LogP contribution >= 0.6 is 15.9 Å². The van der Waals surface area contributed by atoms with Gasteiger partial charge in [-0.25, -0.2) is 13.6 Å². The Labute approximate surface area is 121 Å². The van der Waals surface area contributed by atoms with E-state index in [-0.39, 0.29) is 20.6 Å². The van der Waals surface area contributed by atoms with E-state index >= 15 is 0 Å². The molecule has 1 aromatic rings. The molecule has 0 aromatic heterocycles. The number of benzene rings is 1. The average Bonchev–Trinajstić information content (AvgIpc) is 2.18. The first kappa shape index (κ1) is 16.9. The van der Waals surface area contributed by atoms with Gasteiger partial charge in [0.1, 0.15) is 6.42 Å². The highest BCUT2D eigenvalue weighted by atomic mass is 79.9. The number of aryl methyl sites for hydroxylation is 1. The number of carbonyl (C=O) groups excluding carboxylic acids is 1. The van der Waals surface area contributed by atoms with Crippen LogP contribution in [0, 0.1) is 6.92 Å². The van der Waals surface area contributed by atoms with Crippen molar-refractivity contribution in [2.45, 2.75) is 24.4 Å². The predicted molar refractivity (Wildman–Crippen MR) is 69.6 cm³/mol. The molecule has 0 saturated carbocycles. The van der Waals surface area contributed by atoms with Crippen molar-refractivity contribution in [2.75, 3.05) is 5.32 Å². The van der Waals surface area contributed by atoms with Crippen molar-refractivity contribution < 1.29 is 26.4 Å². The lowest BCUT2D eigenvalue weighted by atomic mass is 10.2. The molecule has 10 heteroatoms. The highest BCUT2D eigenvalue weighted by molar-refractivity contribution is 9.10. The van der Waals surface area contributed by atoms with Crippen molar-refractivity contribution in [3.05, 3.63) is 22.2 Å². The van der Waals surface area contributed by atoms with Crippen LogP contribution in [0.15, 0.2) is 21.5 Å². The van der Waals surface area contributed by atoms with Crippen molar-refractivity contribution in [1.82, 2.24) is 0 Å². The van der Waals surface area contributed by atoms with E-state index in [4.69, 9.17) is 5.14 Å². The van der Waals surface area contributed by atoms with Crippen LogP contribution in [0.5, 0.6) is 0 Å². The molecule has 0 unspecified atom stereocenters. The third kappa shape index (κ3) is 4.76. The maximum atomic E-state index is 12.0. The van der Waals surface area contributed by atoms with Gasteiger partial charge in [0.25, 0.3) is 0 Å². The summed E-state index contributed by atoms with van der Waals surface area (Å²) in [5.41, 5.74) is 0.238. The van der Waals surface area contributed by atoms with Gasteiger partial charge in [-0.1, -0.05) is 0 Å². The molecule has 0 bridgehead atoms. The molecule has 0 saturated heterocycles. The molecule has 3 N–H and O–H groups in total. The fraction of sp³-hybridized carbons (Fsp3) is 0.300. The monoisotopic (exact) mass is 374 g/mol. The third-order valence-electron chi connectivity index (χ3n) is 2.21. The summed E-state index contributed by atoms with van der Waals surface area (Å²) in [6.07, 6.45) is -6.25. The number of nitrogens with two attached hydrogens (primary N) is 1. The van der Waals surface area contributed by atoms with Crippen LogP contribution in [0.2, 0.25) is 0 Å². The summed E-state index contributed by atoms with van der Waals surface area (Å²) in [4.78, 5) is 11.0. The van der Waals surface area contributed by atoms with E-state index in [1.807, 2.05) is 5.32 Å². The van der Waals surface area contributed by atoms with Crippen LogP contribution in [0.4, 0.5) is 18.9 Å². The third-order valence-corrected chi connectivity index (χ3v) is 3.92. The second-order valence-electron chi connectivity index (χ2n) is 3.98. The van der Waals surface area contributed by atoms with Gasteiger partial charge in [0.15, 0.2) is 0 Å². The lowest BCUT2D eigenvalue weighted by molar-refractivity contribution is -0.150. The number of rotatable bonds is 3. The van der Waals surface area contributed by atoms with Gasteiger partial charge in [-0.3, -0.25) is 4.79 Å². The number of halogens is 4. The number of hydrogen-bond donors (Lipinski definition) is 2. The first-order valence-corrected chi connectivity index (χ1v) is 7.43. The maximum absolute atomic E-state index is 12.0. The number of carbonyl (C=O) groups is 1. The van der Waals surface area contributed by atoms with E-state index < -0.39 is 28.5 Å². The fourth-order valence-electron chi connectivity index (χ4n) is 1.44. The van der Waals surface area contributed by atoms with Crippen LogP contribution in [-0.2, 0) is 14.8 Å². The minimum Gasteiger partial charge on any atom is -0.325 e. The smallest absolute Gasteiger partial charge is 0.325 e. The molecular weight excluding hydrogens is 365 g/mol. The van der Waals surface area contributed by atoms with Crippen molar-refractivity contribution in [3.8, 4) is 0 Å². The van der Waals surface area contributed by atoms with Crippen LogP contribution in [0.1, 0.15) is 12.0 Å². The average molecular weight is 375 g/mol. The summed E-state index contributed by atoms with van der Waals surface area (Å²) in [5.74, 6) is -1.25. The molecule has 1 amide bonds. The van der Waals surface area contributed by atoms with E-state index in [9.17, 15) is 26.4 Å². The standard InChI is InChI=1S/C10H10BrF3N2O3S/c1-5-2-7(16-9(17)4-10(12,13)14)6(11)3-8(5)20(15,18)19/h2-3H,4H2,1H3,(H,16,17)(H2,15,18,19). The second-order valence-corrected chi connectivity index (χ2v) is 6.37. The first-order valence-electron chi connectivity index (χ1n) is 5.10.